The Kier molecular flexibility index (Phi) is 7.10. The van der Waals surface area contributed by atoms with E-state index in [2.05, 4.69) is 5.32 Å². The van der Waals surface area contributed by atoms with E-state index in [0.29, 0.717) is 19.4 Å². The monoisotopic (exact) mass is 269 g/mol. The molecule has 19 heavy (non-hydrogen) atoms. The first kappa shape index (κ1) is 15.6. The molecule has 0 aromatic rings. The standard InChI is InChI=1S/C13H23N3O3/c14-8-5-9-16(10-17)13(19)12(18)15-11-6-3-1-2-4-7-11/h10-11H,1-9,14H2,(H,15,18). The minimum absolute atomic E-state index is 0.0574. The number of carbonyl (C=O) groups excluding carboxylic acids is 3. The van der Waals surface area contributed by atoms with Crippen LogP contribution < -0.4 is 11.1 Å². The Morgan fingerprint density at radius 2 is 1.84 bits per heavy atom. The average Bonchev–Trinajstić information content (AvgIpc) is 2.68. The SMILES string of the molecule is NCCCN(C=O)C(=O)C(=O)NC1CCCCCC1. The molecule has 0 aliphatic heterocycles. The molecule has 6 heteroatoms. The van der Waals surface area contributed by atoms with Crippen LogP contribution in [0.5, 0.6) is 0 Å². The lowest BCUT2D eigenvalue weighted by molar-refractivity contribution is -0.149. The van der Waals surface area contributed by atoms with E-state index in [1.165, 1.54) is 12.8 Å². The highest BCUT2D eigenvalue weighted by Gasteiger charge is 2.24. The van der Waals surface area contributed by atoms with E-state index < -0.39 is 11.8 Å². The summed E-state index contributed by atoms with van der Waals surface area (Å²) in [5.74, 6) is -1.47. The van der Waals surface area contributed by atoms with E-state index in [1.54, 1.807) is 0 Å². The van der Waals surface area contributed by atoms with Gasteiger partial charge in [0.2, 0.25) is 6.41 Å². The third-order valence-corrected chi connectivity index (χ3v) is 3.38. The Morgan fingerprint density at radius 3 is 2.37 bits per heavy atom. The van der Waals surface area contributed by atoms with E-state index in [0.717, 1.165) is 30.6 Å². The summed E-state index contributed by atoms with van der Waals surface area (Å²) in [6.07, 6.45) is 7.21. The Morgan fingerprint density at radius 1 is 1.21 bits per heavy atom. The number of carbonyl (C=O) groups is 3. The van der Waals surface area contributed by atoms with Crippen molar-refractivity contribution in [1.29, 1.82) is 0 Å². The first-order valence-electron chi connectivity index (χ1n) is 6.96. The van der Waals surface area contributed by atoms with Crippen molar-refractivity contribution in [3.05, 3.63) is 0 Å². The van der Waals surface area contributed by atoms with Gasteiger partial charge in [0, 0.05) is 12.6 Å². The zero-order valence-corrected chi connectivity index (χ0v) is 11.3. The van der Waals surface area contributed by atoms with Crippen LogP contribution >= 0.6 is 0 Å². The van der Waals surface area contributed by atoms with Crippen LogP contribution in [0, 0.1) is 0 Å². The average molecular weight is 269 g/mol. The van der Waals surface area contributed by atoms with Gasteiger partial charge in [0.15, 0.2) is 0 Å². The van der Waals surface area contributed by atoms with Crippen molar-refractivity contribution in [2.24, 2.45) is 5.73 Å². The van der Waals surface area contributed by atoms with Crippen LogP contribution in [0.1, 0.15) is 44.9 Å². The molecule has 0 spiro atoms. The second kappa shape index (κ2) is 8.63. The maximum Gasteiger partial charge on any atom is 0.318 e. The van der Waals surface area contributed by atoms with Crippen LogP contribution in [0.25, 0.3) is 0 Å². The van der Waals surface area contributed by atoms with E-state index in [-0.39, 0.29) is 12.6 Å². The van der Waals surface area contributed by atoms with Gasteiger partial charge in [0.25, 0.3) is 0 Å². The van der Waals surface area contributed by atoms with Crippen molar-refractivity contribution in [3.8, 4) is 0 Å². The van der Waals surface area contributed by atoms with Gasteiger partial charge in [-0.3, -0.25) is 19.3 Å². The first-order valence-corrected chi connectivity index (χ1v) is 6.96. The van der Waals surface area contributed by atoms with Gasteiger partial charge in [-0.1, -0.05) is 25.7 Å². The normalized spacial score (nSPS) is 16.5. The summed E-state index contributed by atoms with van der Waals surface area (Å²) in [5, 5.41) is 2.73. The summed E-state index contributed by atoms with van der Waals surface area (Å²) in [6.45, 7) is 0.568. The van der Waals surface area contributed by atoms with Crippen LogP contribution in [0.15, 0.2) is 0 Å². The van der Waals surface area contributed by atoms with Gasteiger partial charge in [-0.05, 0) is 25.8 Å². The smallest absolute Gasteiger partial charge is 0.318 e. The lowest BCUT2D eigenvalue weighted by Crippen LogP contribution is -2.46. The van der Waals surface area contributed by atoms with Crippen molar-refractivity contribution < 1.29 is 14.4 Å². The summed E-state index contributed by atoms with van der Waals surface area (Å²) in [6, 6.07) is 0.0574. The number of hydrogen-bond acceptors (Lipinski definition) is 4. The molecule has 3 amide bonds. The molecule has 108 valence electrons. The summed E-state index contributed by atoms with van der Waals surface area (Å²) in [4.78, 5) is 35.3. The van der Waals surface area contributed by atoms with Crippen molar-refractivity contribution >= 4 is 18.2 Å². The fraction of sp³-hybridized carbons (Fsp3) is 0.769. The summed E-state index contributed by atoms with van der Waals surface area (Å²) in [7, 11) is 0. The summed E-state index contributed by atoms with van der Waals surface area (Å²) in [5.41, 5.74) is 5.32. The molecule has 1 rings (SSSR count). The Labute approximate surface area is 113 Å². The highest BCUT2D eigenvalue weighted by atomic mass is 16.2. The van der Waals surface area contributed by atoms with E-state index >= 15 is 0 Å². The second-order valence-electron chi connectivity index (χ2n) is 4.91. The number of amides is 3. The predicted molar refractivity (Wildman–Crippen MR) is 71.1 cm³/mol. The first-order chi connectivity index (χ1) is 9.19. The van der Waals surface area contributed by atoms with Crippen LogP contribution in [-0.2, 0) is 14.4 Å². The van der Waals surface area contributed by atoms with Crippen LogP contribution in [0.4, 0.5) is 0 Å². The Balaban J connectivity index is 2.45. The van der Waals surface area contributed by atoms with Gasteiger partial charge in [-0.25, -0.2) is 0 Å². The highest BCUT2D eigenvalue weighted by Crippen LogP contribution is 2.17. The minimum Gasteiger partial charge on any atom is -0.345 e. The zero-order valence-electron chi connectivity index (χ0n) is 11.3. The molecular weight excluding hydrogens is 246 g/mol. The fourth-order valence-corrected chi connectivity index (χ4v) is 2.27. The van der Waals surface area contributed by atoms with Gasteiger partial charge in [0.1, 0.15) is 0 Å². The Bertz CT molecular complexity index is 312. The molecule has 0 heterocycles. The van der Waals surface area contributed by atoms with Crippen LogP contribution in [0.2, 0.25) is 0 Å². The molecule has 0 atom stereocenters. The largest absolute Gasteiger partial charge is 0.345 e. The van der Waals surface area contributed by atoms with E-state index in [4.69, 9.17) is 5.73 Å². The van der Waals surface area contributed by atoms with Crippen LogP contribution in [-0.4, -0.2) is 42.3 Å². The number of rotatable bonds is 5. The molecule has 0 aromatic carbocycles. The minimum atomic E-state index is -0.785. The van der Waals surface area contributed by atoms with Gasteiger partial charge in [-0.2, -0.15) is 0 Å². The molecule has 0 radical (unpaired) electrons. The van der Waals surface area contributed by atoms with Crippen molar-refractivity contribution in [3.63, 3.8) is 0 Å². The lowest BCUT2D eigenvalue weighted by atomic mass is 10.1. The van der Waals surface area contributed by atoms with Gasteiger partial charge in [0.05, 0.1) is 0 Å². The molecule has 1 saturated carbocycles. The maximum atomic E-state index is 11.8. The second-order valence-corrected chi connectivity index (χ2v) is 4.91. The van der Waals surface area contributed by atoms with E-state index in [1.807, 2.05) is 0 Å². The van der Waals surface area contributed by atoms with Gasteiger partial charge >= 0.3 is 11.8 Å². The summed E-state index contributed by atoms with van der Waals surface area (Å²) >= 11 is 0. The molecule has 0 unspecified atom stereocenters. The van der Waals surface area contributed by atoms with Gasteiger partial charge < -0.3 is 11.1 Å². The topological polar surface area (TPSA) is 92.5 Å². The third kappa shape index (κ3) is 5.38. The Hall–Kier alpha value is -1.43. The fourth-order valence-electron chi connectivity index (χ4n) is 2.27. The van der Waals surface area contributed by atoms with Crippen molar-refractivity contribution in [2.75, 3.05) is 13.1 Å². The highest BCUT2D eigenvalue weighted by molar-refractivity contribution is 6.36. The number of imide groups is 1. The molecule has 3 N–H and O–H groups in total. The molecule has 1 aliphatic carbocycles. The maximum absolute atomic E-state index is 11.8. The van der Waals surface area contributed by atoms with Crippen LogP contribution in [0.3, 0.4) is 0 Å². The quantitative estimate of drug-likeness (QED) is 0.422. The molecular formula is C13H23N3O3. The molecule has 0 aromatic heterocycles. The number of nitrogens with one attached hydrogen (secondary N) is 1. The molecule has 1 aliphatic rings. The third-order valence-electron chi connectivity index (χ3n) is 3.38. The van der Waals surface area contributed by atoms with Gasteiger partial charge in [-0.15, -0.1) is 0 Å². The molecule has 1 fully saturated rings. The van der Waals surface area contributed by atoms with E-state index in [9.17, 15) is 14.4 Å². The van der Waals surface area contributed by atoms with Crippen molar-refractivity contribution in [2.45, 2.75) is 51.0 Å². The lowest BCUT2D eigenvalue weighted by Gasteiger charge is -2.18. The summed E-state index contributed by atoms with van der Waals surface area (Å²) < 4.78 is 0. The predicted octanol–water partition coefficient (Wildman–Crippen LogP) is 0.159. The molecule has 0 saturated heterocycles. The number of nitrogens with zero attached hydrogens (tertiary/aromatic N) is 1. The number of nitrogens with two attached hydrogens (primary N) is 1. The molecule has 0 bridgehead atoms. The number of hydrogen-bond donors (Lipinski definition) is 2. The van der Waals surface area contributed by atoms with Crippen molar-refractivity contribution in [1.82, 2.24) is 10.2 Å². The molecule has 6 nitrogen and oxygen atoms in total. The zero-order chi connectivity index (χ0) is 14.1.